The van der Waals surface area contributed by atoms with Gasteiger partial charge in [0.2, 0.25) is 11.9 Å². The van der Waals surface area contributed by atoms with E-state index in [1.165, 1.54) is 67.4 Å². The van der Waals surface area contributed by atoms with E-state index >= 15 is 0 Å². The largest absolute Gasteiger partial charge is 0.456 e. The minimum Gasteiger partial charge on any atom is -0.456 e. The van der Waals surface area contributed by atoms with Crippen LogP contribution >= 0.6 is 22.7 Å². The van der Waals surface area contributed by atoms with Crippen LogP contribution in [0.1, 0.15) is 0 Å². The SMILES string of the molecule is c1ccc(-c2cc(-c3ccccc3)nc(-n3c4ccccc4c4c5oc6ccccc6c5c5c(ccc6oc7ccccc7c65)c43)n2)cc1.c1ccc(-c2cc(-n3c4ccccc4c4c5sc6ccccc6c5c5c(ccc6sc7ccccc7c65)c43)nc(-c3ccccc3)n2)cc1.c1ccc(-c2nc(-c3ccccc3)nc(-n3c4ccccc4c4c5oc6ccccc6c5c5c(ccc6oc7ccccc7c65)c43)n2)cc1. The number of hydrogen-bond donors (Lipinski definition) is 0. The highest BCUT2D eigenvalue weighted by molar-refractivity contribution is 7.27. The predicted octanol–water partition coefficient (Wildman–Crippen LogP) is 35.9. The van der Waals surface area contributed by atoms with Crippen molar-refractivity contribution in [1.29, 1.82) is 0 Å². The van der Waals surface area contributed by atoms with Gasteiger partial charge in [-0.3, -0.25) is 13.7 Å². The molecule has 0 radical (unpaired) electrons. The monoisotopic (exact) mass is 1910 g/mol. The third-order valence-electron chi connectivity index (χ3n) is 29.2. The number of rotatable bonds is 9. The maximum atomic E-state index is 6.87. The van der Waals surface area contributed by atoms with Gasteiger partial charge in [-0.05, 0) is 91.0 Å². The standard InChI is InChI=1S/C44H25N3O2.C44H25N3S2.C43H24N4O2/c1-3-13-26(14-4-1)32-25-33(27-15-5-2-6-16-27)46-44(45-32)47-34-20-10-7-17-28(34)41-42(47)31-23-24-37-38(29-18-8-11-21-35(29)48-37)39(31)40-30-19-9-12-22-36(30)49-43(40)41;1-3-13-26(14-4-1)32-25-37(46-44(45-32)27-15-5-2-6-16-27)47-33-20-10-7-17-28(33)41-42(47)31-23-24-36-38(29-18-8-11-21-34(29)48-36)39(31)40-30-19-9-12-22-35(30)49-43(40)41;1-3-13-25(14-4-1)41-44-42(26-15-5-2-6-16-26)46-43(45-41)47-31-20-10-7-17-27(31)38-39(47)30-23-24-34-35(28-18-8-11-21-32(28)48-34)36(30)37-29-19-9-12-22-33(29)49-40(37)38/h2*1-25H;1-24H. The molecule has 0 N–H and O–H groups in total. The normalized spacial score (nSPS) is 12.1. The first kappa shape index (κ1) is 82.3. The molecule has 0 atom stereocenters. The third kappa shape index (κ3) is 12.6. The Balaban J connectivity index is 0.0000000999. The van der Waals surface area contributed by atoms with E-state index in [-0.39, 0.29) is 0 Å². The minimum absolute atomic E-state index is 0.535. The molecule has 0 aliphatic rings. The highest BCUT2D eigenvalue weighted by Crippen LogP contribution is 2.56. The van der Waals surface area contributed by atoms with Crippen LogP contribution in [0.2, 0.25) is 0 Å². The molecule has 0 amide bonds. The molecule has 0 fully saturated rings. The van der Waals surface area contributed by atoms with Gasteiger partial charge in [0.15, 0.2) is 17.5 Å². The molecule has 0 bridgehead atoms. The van der Waals surface area contributed by atoms with Gasteiger partial charge in [0.25, 0.3) is 0 Å². The van der Waals surface area contributed by atoms with Crippen LogP contribution in [-0.4, -0.2) is 48.6 Å². The first-order valence-electron chi connectivity index (χ1n) is 49.1. The van der Waals surface area contributed by atoms with Crippen LogP contribution in [-0.2, 0) is 0 Å². The molecule has 12 heterocycles. The number of para-hydroxylation sites is 7. The second-order valence-electron chi connectivity index (χ2n) is 37.4. The Hall–Kier alpha value is -19.4. The van der Waals surface area contributed by atoms with Crippen LogP contribution < -0.4 is 0 Å². The smallest absolute Gasteiger partial charge is 0.238 e. The van der Waals surface area contributed by atoms with Gasteiger partial charge in [-0.15, -0.1) is 22.7 Å². The third-order valence-corrected chi connectivity index (χ3v) is 31.5. The molecule has 0 aliphatic heterocycles. The lowest BCUT2D eigenvalue weighted by molar-refractivity contribution is 0.669. The molecule has 147 heavy (non-hydrogen) atoms. The second kappa shape index (κ2) is 32.6. The molecule has 0 unspecified atom stereocenters. The fourth-order valence-corrected chi connectivity index (χ4v) is 25.4. The van der Waals surface area contributed by atoms with Gasteiger partial charge in [-0.25, -0.2) is 24.9 Å². The summed E-state index contributed by atoms with van der Waals surface area (Å²) in [5.41, 5.74) is 21.6. The number of aromatic nitrogens is 10. The van der Waals surface area contributed by atoms with Crippen LogP contribution in [0, 0.1) is 0 Å². The molecule has 14 nitrogen and oxygen atoms in total. The van der Waals surface area contributed by atoms with E-state index in [0.717, 1.165) is 215 Å². The zero-order valence-electron chi connectivity index (χ0n) is 78.1. The highest BCUT2D eigenvalue weighted by Gasteiger charge is 2.33. The Kier molecular flexibility index (Phi) is 18.3. The summed E-state index contributed by atoms with van der Waals surface area (Å²) in [6, 6.07) is 156. The molecule has 684 valence electrons. The topological polar surface area (TPSA) is 158 Å². The Labute approximate surface area is 843 Å². The predicted molar refractivity (Wildman–Crippen MR) is 607 cm³/mol. The Morgan fingerprint density at radius 1 is 0.177 bits per heavy atom. The average Bonchev–Trinajstić information content (AvgIpc) is 1.53. The van der Waals surface area contributed by atoms with Crippen molar-refractivity contribution in [2.45, 2.75) is 0 Å². The number of nitrogens with zero attached hydrogens (tertiary/aromatic N) is 10. The summed E-state index contributed by atoms with van der Waals surface area (Å²) in [7, 11) is 0. The summed E-state index contributed by atoms with van der Waals surface area (Å²) in [4.78, 5) is 36.5. The number of benzene rings is 21. The van der Waals surface area contributed by atoms with Crippen LogP contribution in [0.5, 0.6) is 0 Å². The van der Waals surface area contributed by atoms with Gasteiger partial charge in [0.1, 0.15) is 50.5 Å². The lowest BCUT2D eigenvalue weighted by atomic mass is 9.96. The summed E-state index contributed by atoms with van der Waals surface area (Å²) in [5, 5.41) is 27.5. The summed E-state index contributed by atoms with van der Waals surface area (Å²) in [6.45, 7) is 0. The van der Waals surface area contributed by atoms with Crippen molar-refractivity contribution in [2.75, 3.05) is 0 Å². The quantitative estimate of drug-likeness (QED) is 0.135. The van der Waals surface area contributed by atoms with E-state index < -0.39 is 0 Å². The van der Waals surface area contributed by atoms with E-state index in [2.05, 4.69) is 311 Å². The molecule has 16 heteroatoms. The van der Waals surface area contributed by atoms with Gasteiger partial charge in [-0.1, -0.05) is 352 Å². The van der Waals surface area contributed by atoms with Gasteiger partial charge >= 0.3 is 0 Å². The first-order chi connectivity index (χ1) is 72.9. The number of fused-ring (bicyclic) bond motifs is 42. The molecule has 21 aromatic carbocycles. The Morgan fingerprint density at radius 3 is 0.959 bits per heavy atom. The van der Waals surface area contributed by atoms with Gasteiger partial charge in [0.05, 0.1) is 61.0 Å². The van der Waals surface area contributed by atoms with E-state index in [4.69, 9.17) is 52.6 Å². The molecule has 0 spiro atoms. The average molecular weight is 1920 g/mol. The lowest BCUT2D eigenvalue weighted by Crippen LogP contribution is -2.06. The minimum atomic E-state index is 0.535. The van der Waals surface area contributed by atoms with Gasteiger partial charge in [0, 0.05) is 177 Å². The van der Waals surface area contributed by atoms with Crippen LogP contribution in [0.25, 0.3) is 311 Å². The van der Waals surface area contributed by atoms with Crippen molar-refractivity contribution < 1.29 is 17.7 Å². The zero-order chi connectivity index (χ0) is 96.2. The maximum Gasteiger partial charge on any atom is 0.238 e. The van der Waals surface area contributed by atoms with E-state index in [1.54, 1.807) is 0 Å². The van der Waals surface area contributed by atoms with Crippen molar-refractivity contribution >= 4 is 249 Å². The summed E-state index contributed by atoms with van der Waals surface area (Å²) in [6.07, 6.45) is 0. The van der Waals surface area contributed by atoms with E-state index in [9.17, 15) is 0 Å². The first-order valence-corrected chi connectivity index (χ1v) is 50.8. The van der Waals surface area contributed by atoms with Crippen molar-refractivity contribution in [2.24, 2.45) is 0 Å². The van der Waals surface area contributed by atoms with Gasteiger partial charge < -0.3 is 17.7 Å². The molecule has 33 rings (SSSR count). The Bertz CT molecular complexity index is 10100. The molecular weight excluding hydrogens is 1840 g/mol. The molecule has 0 aliphatic carbocycles. The Morgan fingerprint density at radius 2 is 0.503 bits per heavy atom. The lowest BCUT2D eigenvalue weighted by Gasteiger charge is -2.14. The number of thiophene rings is 2. The van der Waals surface area contributed by atoms with Crippen molar-refractivity contribution in [3.8, 4) is 85.7 Å². The zero-order valence-corrected chi connectivity index (χ0v) is 79.8. The molecule has 33 aromatic rings. The van der Waals surface area contributed by atoms with Crippen molar-refractivity contribution in [1.82, 2.24) is 48.6 Å². The molecule has 0 saturated heterocycles. The number of hydrogen-bond acceptors (Lipinski definition) is 13. The van der Waals surface area contributed by atoms with Crippen molar-refractivity contribution in [3.63, 3.8) is 0 Å². The van der Waals surface area contributed by atoms with E-state index in [1.807, 2.05) is 174 Å². The maximum absolute atomic E-state index is 6.87. The molecule has 0 saturated carbocycles. The highest BCUT2D eigenvalue weighted by atomic mass is 32.1. The summed E-state index contributed by atoms with van der Waals surface area (Å²) in [5.74, 6) is 3.91. The summed E-state index contributed by atoms with van der Waals surface area (Å²) < 4.78 is 38.7. The van der Waals surface area contributed by atoms with Crippen molar-refractivity contribution in [3.05, 3.63) is 449 Å². The van der Waals surface area contributed by atoms with Gasteiger partial charge in [-0.2, -0.15) is 9.97 Å². The second-order valence-corrected chi connectivity index (χ2v) is 39.5. The fourth-order valence-electron chi connectivity index (χ4n) is 23.0. The van der Waals surface area contributed by atoms with Crippen LogP contribution in [0.4, 0.5) is 0 Å². The van der Waals surface area contributed by atoms with E-state index in [0.29, 0.717) is 29.4 Å². The number of furan rings is 4. The molecule has 12 aromatic heterocycles. The molecular formula is C131H74N10O4S2. The summed E-state index contributed by atoms with van der Waals surface area (Å²) >= 11 is 3.78. The van der Waals surface area contributed by atoms with Crippen LogP contribution in [0.3, 0.4) is 0 Å². The fraction of sp³-hybridized carbons (Fsp3) is 0. The van der Waals surface area contributed by atoms with Crippen LogP contribution in [0.15, 0.2) is 467 Å².